The van der Waals surface area contributed by atoms with Gasteiger partial charge in [-0.1, -0.05) is 37.4 Å². The zero-order valence-corrected chi connectivity index (χ0v) is 8.09. The van der Waals surface area contributed by atoms with E-state index in [4.69, 9.17) is 5.73 Å². The van der Waals surface area contributed by atoms with Crippen LogP contribution >= 0.6 is 23.5 Å². The maximum Gasteiger partial charge on any atom is 0.247 e. The van der Waals surface area contributed by atoms with E-state index in [1.807, 2.05) is 20.8 Å². The van der Waals surface area contributed by atoms with Crippen molar-refractivity contribution in [2.24, 2.45) is 5.73 Å². The zero-order chi connectivity index (χ0) is 8.15. The summed E-state index contributed by atoms with van der Waals surface area (Å²) in [7, 11) is 0. The van der Waals surface area contributed by atoms with Gasteiger partial charge in [-0.3, -0.25) is 4.79 Å². The van der Waals surface area contributed by atoms with Gasteiger partial charge >= 0.3 is 0 Å². The van der Waals surface area contributed by atoms with E-state index in [-0.39, 0.29) is 9.82 Å². The third-order valence-electron chi connectivity index (χ3n) is 0.614. The third-order valence-corrected chi connectivity index (χ3v) is 2.42. The molecule has 0 bridgehead atoms. The van der Waals surface area contributed by atoms with Crippen molar-refractivity contribution in [3.63, 3.8) is 0 Å². The maximum atomic E-state index is 10.9. The first kappa shape index (κ1) is 10.3. The molecule has 0 aliphatic rings. The Morgan fingerprint density at radius 1 is 1.30 bits per heavy atom. The molecular formula is C6H13NOS2. The van der Waals surface area contributed by atoms with Gasteiger partial charge in [-0.05, 0) is 6.92 Å². The van der Waals surface area contributed by atoms with Crippen LogP contribution in [-0.2, 0) is 0 Å². The van der Waals surface area contributed by atoms with Crippen LogP contribution in [0.3, 0.4) is 0 Å². The minimum Gasteiger partial charge on any atom is -0.319 e. The van der Waals surface area contributed by atoms with E-state index in [1.54, 1.807) is 0 Å². The first-order valence-electron chi connectivity index (χ1n) is 3.15. The van der Waals surface area contributed by atoms with E-state index in [0.717, 1.165) is 0 Å². The number of rotatable bonds is 2. The molecule has 2 N–H and O–H groups in total. The average Bonchev–Trinajstić information content (AvgIpc) is 1.58. The van der Waals surface area contributed by atoms with Crippen molar-refractivity contribution in [1.29, 1.82) is 0 Å². The molecule has 0 saturated carbocycles. The lowest BCUT2D eigenvalue weighted by molar-refractivity contribution is 0.276. The van der Waals surface area contributed by atoms with Gasteiger partial charge in [0.1, 0.15) is 0 Å². The van der Waals surface area contributed by atoms with Gasteiger partial charge in [0, 0.05) is 5.25 Å². The smallest absolute Gasteiger partial charge is 0.247 e. The number of hydrogen-bond donors (Lipinski definition) is 1. The Morgan fingerprint density at radius 2 is 1.80 bits per heavy atom. The van der Waals surface area contributed by atoms with Crippen LogP contribution in [0.5, 0.6) is 0 Å². The van der Waals surface area contributed by atoms with E-state index in [1.165, 1.54) is 23.5 Å². The largest absolute Gasteiger partial charge is 0.319 e. The maximum absolute atomic E-state index is 10.9. The van der Waals surface area contributed by atoms with Crippen LogP contribution in [0.15, 0.2) is 0 Å². The lowest BCUT2D eigenvalue weighted by atomic mass is 10.6. The molecule has 4 heteroatoms. The van der Waals surface area contributed by atoms with Gasteiger partial charge in [-0.2, -0.15) is 0 Å². The number of thioether (sulfide) groups is 2. The summed E-state index contributed by atoms with van der Waals surface area (Å²) in [4.78, 5) is 10.9. The van der Waals surface area contributed by atoms with Gasteiger partial charge in [-0.25, -0.2) is 0 Å². The van der Waals surface area contributed by atoms with E-state index in [9.17, 15) is 4.79 Å². The Morgan fingerprint density at radius 3 is 2.10 bits per heavy atom. The van der Waals surface area contributed by atoms with Crippen molar-refractivity contribution >= 4 is 28.0 Å². The molecule has 0 amide bonds. The summed E-state index contributed by atoms with van der Waals surface area (Å²) in [5, 5.41) is 0.275. The Kier molecular flexibility index (Phi) is 5.21. The van der Waals surface area contributed by atoms with Crippen molar-refractivity contribution in [3.05, 3.63) is 0 Å². The topological polar surface area (TPSA) is 43.1 Å². The number of carbonyl (C=O) groups excluding carboxylic acids is 1. The number of nitrogens with two attached hydrogens (primary N) is 1. The molecule has 0 aliphatic heterocycles. The third kappa shape index (κ3) is 6.45. The van der Waals surface area contributed by atoms with Crippen molar-refractivity contribution in [1.82, 2.24) is 0 Å². The van der Waals surface area contributed by atoms with Crippen molar-refractivity contribution in [3.8, 4) is 0 Å². The molecule has 0 aliphatic carbocycles. The molecule has 10 heavy (non-hydrogen) atoms. The van der Waals surface area contributed by atoms with Gasteiger partial charge in [0.25, 0.3) is 0 Å². The highest BCUT2D eigenvalue weighted by atomic mass is 32.2. The summed E-state index contributed by atoms with van der Waals surface area (Å²) in [6.07, 6.45) is 0. The van der Waals surface area contributed by atoms with Crippen LogP contribution in [0, 0.1) is 0 Å². The number of hydrogen-bond acceptors (Lipinski definition) is 4. The van der Waals surface area contributed by atoms with Gasteiger partial charge < -0.3 is 5.73 Å². The van der Waals surface area contributed by atoms with Crippen LogP contribution in [0.1, 0.15) is 20.8 Å². The predicted molar refractivity (Wildman–Crippen MR) is 49.4 cm³/mol. The molecule has 0 aromatic heterocycles. The normalized spacial score (nSPS) is 13.7. The summed E-state index contributed by atoms with van der Waals surface area (Å²) < 4.78 is 0.116. The fraction of sp³-hybridized carbons (Fsp3) is 0.833. The van der Waals surface area contributed by atoms with Crippen LogP contribution in [0.4, 0.5) is 4.79 Å². The fourth-order valence-electron chi connectivity index (χ4n) is 0.372. The highest BCUT2D eigenvalue weighted by Gasteiger charge is 2.07. The average molecular weight is 179 g/mol. The van der Waals surface area contributed by atoms with Crippen molar-refractivity contribution in [2.75, 3.05) is 0 Å². The number of carbonyl (C=O) groups is 1. The van der Waals surface area contributed by atoms with E-state index >= 15 is 0 Å². The van der Waals surface area contributed by atoms with Crippen LogP contribution in [0.25, 0.3) is 0 Å². The Hall–Kier alpha value is 0.330. The molecule has 0 rings (SSSR count). The first-order chi connectivity index (χ1) is 4.52. The molecule has 2 nitrogen and oxygen atoms in total. The quantitative estimate of drug-likeness (QED) is 0.660. The van der Waals surface area contributed by atoms with E-state index in [0.29, 0.717) is 5.25 Å². The molecule has 0 radical (unpaired) electrons. The Bertz CT molecular complexity index is 102. The van der Waals surface area contributed by atoms with Gasteiger partial charge in [-0.15, -0.1) is 0 Å². The lowest BCUT2D eigenvalue weighted by Crippen LogP contribution is -2.11. The molecular weight excluding hydrogens is 166 g/mol. The second kappa shape index (κ2) is 5.04. The second-order valence-electron chi connectivity index (χ2n) is 2.24. The molecule has 0 spiro atoms. The standard InChI is InChI=1S/C6H13NOS2/c1-4(2)9-6(8)10-5(3)7/h4-5H,7H2,1-3H3. The molecule has 0 aromatic carbocycles. The summed E-state index contributed by atoms with van der Waals surface area (Å²) >= 11 is 2.51. The summed E-state index contributed by atoms with van der Waals surface area (Å²) in [5.41, 5.74) is 5.40. The van der Waals surface area contributed by atoms with E-state index < -0.39 is 0 Å². The molecule has 0 fully saturated rings. The van der Waals surface area contributed by atoms with Gasteiger partial charge in [0.15, 0.2) is 0 Å². The van der Waals surface area contributed by atoms with Crippen LogP contribution in [-0.4, -0.2) is 15.1 Å². The van der Waals surface area contributed by atoms with E-state index in [2.05, 4.69) is 0 Å². The van der Waals surface area contributed by atoms with Crippen LogP contribution < -0.4 is 5.73 Å². The summed E-state index contributed by atoms with van der Waals surface area (Å²) in [6, 6.07) is 0. The molecule has 60 valence electrons. The minimum absolute atomic E-state index is 0.0845. The Balaban J connectivity index is 3.44. The molecule has 1 atom stereocenters. The minimum atomic E-state index is -0.0845. The van der Waals surface area contributed by atoms with Gasteiger partial charge in [0.2, 0.25) is 4.45 Å². The van der Waals surface area contributed by atoms with Crippen LogP contribution in [0.2, 0.25) is 0 Å². The van der Waals surface area contributed by atoms with Crippen molar-refractivity contribution < 1.29 is 4.79 Å². The first-order valence-corrected chi connectivity index (χ1v) is 4.91. The Labute approximate surface area is 70.3 Å². The highest BCUT2D eigenvalue weighted by Crippen LogP contribution is 2.22. The summed E-state index contributed by atoms with van der Waals surface area (Å²) in [5.74, 6) is 0. The molecule has 1 unspecified atom stereocenters. The molecule has 0 saturated heterocycles. The fourth-order valence-corrected chi connectivity index (χ4v) is 2.32. The summed E-state index contributed by atoms with van der Waals surface area (Å²) in [6.45, 7) is 5.79. The lowest BCUT2D eigenvalue weighted by Gasteiger charge is -2.04. The van der Waals surface area contributed by atoms with Crippen molar-refractivity contribution in [2.45, 2.75) is 31.4 Å². The monoisotopic (exact) mass is 179 g/mol. The molecule has 0 aromatic rings. The molecule has 0 heterocycles. The SMILES string of the molecule is CC(C)SC(=O)SC(C)N. The second-order valence-corrected chi connectivity index (χ2v) is 5.40. The van der Waals surface area contributed by atoms with Gasteiger partial charge in [0.05, 0.1) is 5.37 Å². The predicted octanol–water partition coefficient (Wildman–Crippen LogP) is 2.29. The zero-order valence-electron chi connectivity index (χ0n) is 6.46. The highest BCUT2D eigenvalue weighted by molar-refractivity contribution is 8.38.